The summed E-state index contributed by atoms with van der Waals surface area (Å²) in [6.07, 6.45) is 20.8. The second-order valence-electron chi connectivity index (χ2n) is 11.2. The lowest BCUT2D eigenvalue weighted by molar-refractivity contribution is -0.870. The van der Waals surface area contributed by atoms with E-state index >= 15 is 0 Å². The molecule has 2 atom stereocenters. The fourth-order valence-corrected chi connectivity index (χ4v) is 4.18. The van der Waals surface area contributed by atoms with Crippen LogP contribution in [0.2, 0.25) is 0 Å². The van der Waals surface area contributed by atoms with E-state index in [0.717, 1.165) is 43.4 Å². The molecule has 0 bridgehead atoms. The lowest BCUT2D eigenvalue weighted by Crippen LogP contribution is -2.35. The minimum absolute atomic E-state index is 0.0451. The van der Waals surface area contributed by atoms with Gasteiger partial charge in [0, 0.05) is 20.3 Å². The summed E-state index contributed by atoms with van der Waals surface area (Å²) >= 11 is 0. The van der Waals surface area contributed by atoms with E-state index in [2.05, 4.69) is 28.1 Å². The highest BCUT2D eigenvalue weighted by atomic mass is 16.6. The molecule has 5 heteroatoms. The third-order valence-corrected chi connectivity index (χ3v) is 6.53. The van der Waals surface area contributed by atoms with Gasteiger partial charge < -0.3 is 23.8 Å². The SMILES string of the molecule is CCCCCC(O)CCCCCCCCCCCOCC(COCCCCC[N+](C)(C)C)OC. The Labute approximate surface area is 213 Å². The van der Waals surface area contributed by atoms with Gasteiger partial charge in [-0.3, -0.25) is 0 Å². The number of quaternary nitrogens is 1. The molecule has 0 aromatic rings. The van der Waals surface area contributed by atoms with Crippen molar-refractivity contribution in [3.8, 4) is 0 Å². The molecule has 0 aromatic carbocycles. The maximum absolute atomic E-state index is 9.95. The summed E-state index contributed by atoms with van der Waals surface area (Å²) < 4.78 is 18.1. The van der Waals surface area contributed by atoms with Crippen molar-refractivity contribution in [1.82, 2.24) is 0 Å². The van der Waals surface area contributed by atoms with Crippen LogP contribution in [0.4, 0.5) is 0 Å². The Hall–Kier alpha value is -0.200. The summed E-state index contributed by atoms with van der Waals surface area (Å²) in [4.78, 5) is 0. The Kier molecular flexibility index (Phi) is 24.3. The van der Waals surface area contributed by atoms with Crippen molar-refractivity contribution in [2.45, 2.75) is 128 Å². The molecule has 0 saturated carbocycles. The van der Waals surface area contributed by atoms with Crippen LogP contribution < -0.4 is 0 Å². The zero-order chi connectivity index (χ0) is 25.3. The van der Waals surface area contributed by atoms with Crippen LogP contribution >= 0.6 is 0 Å². The van der Waals surface area contributed by atoms with Gasteiger partial charge >= 0.3 is 0 Å². The highest BCUT2D eigenvalue weighted by molar-refractivity contribution is 4.57. The van der Waals surface area contributed by atoms with E-state index in [0.29, 0.717) is 13.2 Å². The topological polar surface area (TPSA) is 47.9 Å². The van der Waals surface area contributed by atoms with Crippen molar-refractivity contribution in [2.75, 3.05) is 61.2 Å². The van der Waals surface area contributed by atoms with Gasteiger partial charge in [0.2, 0.25) is 0 Å². The average molecular weight is 489 g/mol. The molecule has 0 fully saturated rings. The first-order valence-corrected chi connectivity index (χ1v) is 14.6. The van der Waals surface area contributed by atoms with Crippen molar-refractivity contribution in [3.63, 3.8) is 0 Å². The van der Waals surface area contributed by atoms with Crippen molar-refractivity contribution in [1.29, 1.82) is 0 Å². The number of aliphatic hydroxyl groups is 1. The van der Waals surface area contributed by atoms with Gasteiger partial charge in [0.1, 0.15) is 6.10 Å². The number of hydrogen-bond donors (Lipinski definition) is 1. The smallest absolute Gasteiger partial charge is 0.104 e. The largest absolute Gasteiger partial charge is 0.393 e. The molecule has 0 radical (unpaired) electrons. The number of hydrogen-bond acceptors (Lipinski definition) is 4. The van der Waals surface area contributed by atoms with Crippen molar-refractivity contribution in [3.05, 3.63) is 0 Å². The van der Waals surface area contributed by atoms with E-state index in [9.17, 15) is 5.11 Å². The van der Waals surface area contributed by atoms with E-state index in [4.69, 9.17) is 14.2 Å². The van der Waals surface area contributed by atoms with E-state index in [1.807, 2.05) is 0 Å². The highest BCUT2D eigenvalue weighted by Gasteiger charge is 2.09. The highest BCUT2D eigenvalue weighted by Crippen LogP contribution is 2.14. The minimum atomic E-state index is -0.0618. The predicted molar refractivity (Wildman–Crippen MR) is 146 cm³/mol. The van der Waals surface area contributed by atoms with Gasteiger partial charge in [0.25, 0.3) is 0 Å². The van der Waals surface area contributed by atoms with Crippen LogP contribution in [0.5, 0.6) is 0 Å². The summed E-state index contributed by atoms with van der Waals surface area (Å²) in [6, 6.07) is 0. The molecule has 34 heavy (non-hydrogen) atoms. The summed E-state index contributed by atoms with van der Waals surface area (Å²) in [6.45, 7) is 6.34. The average Bonchev–Trinajstić information content (AvgIpc) is 2.79. The van der Waals surface area contributed by atoms with E-state index in [1.54, 1.807) is 7.11 Å². The molecule has 5 nitrogen and oxygen atoms in total. The second-order valence-corrected chi connectivity index (χ2v) is 11.2. The van der Waals surface area contributed by atoms with Gasteiger partial charge in [-0.15, -0.1) is 0 Å². The van der Waals surface area contributed by atoms with Crippen LogP contribution in [-0.4, -0.2) is 83.0 Å². The van der Waals surface area contributed by atoms with Crippen LogP contribution in [-0.2, 0) is 14.2 Å². The first-order valence-electron chi connectivity index (χ1n) is 14.6. The molecule has 0 heterocycles. The Bertz CT molecular complexity index is 400. The van der Waals surface area contributed by atoms with Gasteiger partial charge in [-0.05, 0) is 38.5 Å². The summed E-state index contributed by atoms with van der Waals surface area (Å²) in [7, 11) is 8.47. The Morgan fingerprint density at radius 3 is 1.53 bits per heavy atom. The lowest BCUT2D eigenvalue weighted by Gasteiger charge is -2.23. The Balaban J connectivity index is 3.34. The number of ether oxygens (including phenoxy) is 3. The zero-order valence-corrected chi connectivity index (χ0v) is 23.8. The van der Waals surface area contributed by atoms with E-state index < -0.39 is 0 Å². The normalized spacial score (nSPS) is 13.9. The third-order valence-electron chi connectivity index (χ3n) is 6.53. The number of nitrogens with zero attached hydrogens (tertiary/aromatic N) is 1. The van der Waals surface area contributed by atoms with Gasteiger partial charge in [-0.25, -0.2) is 0 Å². The van der Waals surface area contributed by atoms with Crippen molar-refractivity contribution < 1.29 is 23.8 Å². The molecule has 2 unspecified atom stereocenters. The summed E-state index contributed by atoms with van der Waals surface area (Å²) in [5.41, 5.74) is 0. The van der Waals surface area contributed by atoms with Gasteiger partial charge in [0.15, 0.2) is 0 Å². The van der Waals surface area contributed by atoms with Crippen LogP contribution in [0.1, 0.15) is 116 Å². The molecule has 1 N–H and O–H groups in total. The third kappa shape index (κ3) is 26.4. The van der Waals surface area contributed by atoms with Crippen LogP contribution in [0.3, 0.4) is 0 Å². The Morgan fingerprint density at radius 2 is 1.06 bits per heavy atom. The molecule has 0 aliphatic heterocycles. The standard InChI is InChI=1S/C29H62NO4/c1-6-7-16-21-28(31)22-17-13-11-9-8-10-12-14-19-24-33-26-29(32-5)27-34-25-20-15-18-23-30(2,3)4/h28-29,31H,6-27H2,1-5H3/q+1. The molecule has 0 saturated heterocycles. The molecule has 0 aliphatic rings. The fourth-order valence-electron chi connectivity index (χ4n) is 4.18. The minimum Gasteiger partial charge on any atom is -0.393 e. The van der Waals surface area contributed by atoms with Gasteiger partial charge in [-0.1, -0.05) is 77.6 Å². The molecule has 0 amide bonds. The monoisotopic (exact) mass is 488 g/mol. The molecule has 0 rings (SSSR count). The van der Waals surface area contributed by atoms with Crippen molar-refractivity contribution >= 4 is 0 Å². The molecule has 0 aromatic heterocycles. The van der Waals surface area contributed by atoms with Gasteiger partial charge in [-0.2, -0.15) is 0 Å². The maximum Gasteiger partial charge on any atom is 0.104 e. The number of unbranched alkanes of at least 4 members (excludes halogenated alkanes) is 12. The van der Waals surface area contributed by atoms with Crippen LogP contribution in [0.15, 0.2) is 0 Å². The first kappa shape index (κ1) is 33.8. The second kappa shape index (κ2) is 24.5. The van der Waals surface area contributed by atoms with E-state index in [-0.39, 0.29) is 12.2 Å². The first-order chi connectivity index (χ1) is 16.4. The number of rotatable bonds is 27. The van der Waals surface area contributed by atoms with Crippen molar-refractivity contribution in [2.24, 2.45) is 0 Å². The number of methoxy groups -OCH3 is 1. The molecule has 0 aliphatic carbocycles. The van der Waals surface area contributed by atoms with Crippen LogP contribution in [0.25, 0.3) is 0 Å². The Morgan fingerprint density at radius 1 is 0.618 bits per heavy atom. The maximum atomic E-state index is 9.95. The summed E-state index contributed by atoms with van der Waals surface area (Å²) in [5, 5.41) is 9.95. The number of aliphatic hydroxyl groups excluding tert-OH is 1. The van der Waals surface area contributed by atoms with Crippen LogP contribution in [0, 0.1) is 0 Å². The quantitative estimate of drug-likeness (QED) is 0.103. The molecule has 206 valence electrons. The molecule has 0 spiro atoms. The molecular weight excluding hydrogens is 426 g/mol. The lowest BCUT2D eigenvalue weighted by atomic mass is 10.0. The zero-order valence-electron chi connectivity index (χ0n) is 23.8. The molecular formula is C29H62NO4+. The van der Waals surface area contributed by atoms with Gasteiger partial charge in [0.05, 0.1) is 47.0 Å². The predicted octanol–water partition coefficient (Wildman–Crippen LogP) is 6.75. The summed E-state index contributed by atoms with van der Waals surface area (Å²) in [5.74, 6) is 0. The fraction of sp³-hybridized carbons (Fsp3) is 1.00. The van der Waals surface area contributed by atoms with E-state index in [1.165, 1.54) is 90.0 Å².